The van der Waals surface area contributed by atoms with Gasteiger partial charge in [-0.3, -0.25) is 9.59 Å². The van der Waals surface area contributed by atoms with Crippen molar-refractivity contribution in [2.45, 2.75) is 65.4 Å². The van der Waals surface area contributed by atoms with Crippen molar-refractivity contribution < 1.29 is 14.3 Å². The fourth-order valence-electron chi connectivity index (χ4n) is 6.56. The number of Topliss-reactive ketones (excluding diaryl/α,β-unsaturated/α-hetero) is 1. The molecule has 27 heavy (non-hydrogen) atoms. The first kappa shape index (κ1) is 18.9. The maximum atomic E-state index is 12.6. The number of ketones is 2. The van der Waals surface area contributed by atoms with Crippen LogP contribution >= 0.6 is 0 Å². The highest BCUT2D eigenvalue weighted by molar-refractivity contribution is 6.01. The lowest BCUT2D eigenvalue weighted by molar-refractivity contribution is -0.133. The predicted octanol–water partition coefficient (Wildman–Crippen LogP) is 4.82. The molecule has 0 amide bonds. The minimum Gasteiger partial charge on any atom is -0.370 e. The molecular formula is C24H32O3. The first-order valence-corrected chi connectivity index (χ1v) is 10.7. The van der Waals surface area contributed by atoms with E-state index in [9.17, 15) is 9.59 Å². The molecule has 3 nitrogen and oxygen atoms in total. The van der Waals surface area contributed by atoms with Crippen LogP contribution in [0.25, 0.3) is 0 Å². The zero-order chi connectivity index (χ0) is 19.2. The smallest absolute Gasteiger partial charge is 0.178 e. The fourth-order valence-corrected chi connectivity index (χ4v) is 6.56. The van der Waals surface area contributed by atoms with Gasteiger partial charge >= 0.3 is 0 Å². The number of rotatable bonds is 4. The van der Waals surface area contributed by atoms with Crippen LogP contribution in [0, 0.1) is 28.6 Å². The van der Waals surface area contributed by atoms with Gasteiger partial charge in [-0.1, -0.05) is 39.0 Å². The summed E-state index contributed by atoms with van der Waals surface area (Å²) in [5, 5.41) is 0. The Kier molecular flexibility index (Phi) is 4.78. The normalized spacial score (nSPS) is 43.4. The van der Waals surface area contributed by atoms with E-state index in [1.54, 1.807) is 6.08 Å². The molecule has 0 aliphatic heterocycles. The first-order valence-electron chi connectivity index (χ1n) is 10.7. The van der Waals surface area contributed by atoms with Crippen molar-refractivity contribution in [1.29, 1.82) is 0 Å². The Hall–Kier alpha value is -1.48. The van der Waals surface area contributed by atoms with Crippen molar-refractivity contribution in [2.24, 2.45) is 28.6 Å². The van der Waals surface area contributed by atoms with Gasteiger partial charge in [0, 0.05) is 17.3 Å². The van der Waals surface area contributed by atoms with Crippen LogP contribution < -0.4 is 0 Å². The van der Waals surface area contributed by atoms with Gasteiger partial charge in [-0.05, 0) is 67.6 Å². The summed E-state index contributed by atoms with van der Waals surface area (Å²) in [6.07, 6.45) is 15.7. The van der Waals surface area contributed by atoms with Crippen LogP contribution in [0.2, 0.25) is 0 Å². The number of fused-ring (bicyclic) bond motifs is 5. The number of carbonyl (C=O) groups is 2. The van der Waals surface area contributed by atoms with Crippen molar-refractivity contribution in [3.05, 3.63) is 36.0 Å². The lowest BCUT2D eigenvalue weighted by atomic mass is 9.48. The van der Waals surface area contributed by atoms with Crippen LogP contribution in [0.1, 0.15) is 59.3 Å². The van der Waals surface area contributed by atoms with Gasteiger partial charge in [0.2, 0.25) is 0 Å². The van der Waals surface area contributed by atoms with E-state index < -0.39 is 0 Å². The molecule has 0 heterocycles. The molecule has 0 saturated heterocycles. The van der Waals surface area contributed by atoms with Gasteiger partial charge in [0.1, 0.15) is 5.78 Å². The van der Waals surface area contributed by atoms with E-state index in [0.717, 1.165) is 44.1 Å². The molecule has 3 heteroatoms. The number of hydrogen-bond acceptors (Lipinski definition) is 3. The number of ether oxygens (including phenoxy) is 1. The predicted molar refractivity (Wildman–Crippen MR) is 106 cm³/mol. The molecule has 0 aromatic heterocycles. The van der Waals surface area contributed by atoms with Gasteiger partial charge in [0.25, 0.3) is 0 Å². The third-order valence-electron chi connectivity index (χ3n) is 8.06. The minimum absolute atomic E-state index is 0.0234. The SMILES string of the molecule is CC/C=C/CO[C@@H]1C[C@@H]2[C@H](CC[C@]3(C)C(=O)CC[C@@H]23)[C@@]2(C)C=CC(=O)C=C12. The number of allylic oxidation sites excluding steroid dienone is 4. The Morgan fingerprint density at radius 3 is 2.78 bits per heavy atom. The molecular weight excluding hydrogens is 336 g/mol. The van der Waals surface area contributed by atoms with Crippen LogP contribution in [-0.4, -0.2) is 24.3 Å². The van der Waals surface area contributed by atoms with Gasteiger partial charge in [-0.15, -0.1) is 0 Å². The lowest BCUT2D eigenvalue weighted by Crippen LogP contribution is -2.53. The van der Waals surface area contributed by atoms with E-state index in [0.29, 0.717) is 30.1 Å². The Labute approximate surface area is 162 Å². The molecule has 0 spiro atoms. The van der Waals surface area contributed by atoms with Crippen LogP contribution in [0.5, 0.6) is 0 Å². The molecule has 4 aliphatic carbocycles. The standard InChI is InChI=1S/C24H32O3/c1-4-5-6-13-27-21-15-17-18-7-8-22(26)24(18,3)12-10-19(17)23(2)11-9-16(25)14-20(21)23/h5-6,9,11,14,17-19,21H,4,7-8,10,12-13,15H2,1-3H3/b6-5+/t17-,18-,19-,21+,23+,24-/m0/s1. The molecule has 6 atom stereocenters. The van der Waals surface area contributed by atoms with Crippen molar-refractivity contribution >= 4 is 11.6 Å². The Balaban J connectivity index is 1.67. The zero-order valence-electron chi connectivity index (χ0n) is 16.9. The summed E-state index contributed by atoms with van der Waals surface area (Å²) in [6, 6.07) is 0. The highest BCUT2D eigenvalue weighted by atomic mass is 16.5. The van der Waals surface area contributed by atoms with Gasteiger partial charge in [-0.2, -0.15) is 0 Å². The molecule has 0 radical (unpaired) electrons. The Bertz CT molecular complexity index is 730. The maximum absolute atomic E-state index is 12.6. The minimum atomic E-state index is -0.139. The largest absolute Gasteiger partial charge is 0.370 e. The average Bonchev–Trinajstić information content (AvgIpc) is 2.95. The average molecular weight is 369 g/mol. The summed E-state index contributed by atoms with van der Waals surface area (Å²) in [5.74, 6) is 2.01. The van der Waals surface area contributed by atoms with E-state index in [1.165, 1.54) is 0 Å². The van der Waals surface area contributed by atoms with E-state index in [4.69, 9.17) is 4.74 Å². The van der Waals surface area contributed by atoms with Crippen molar-refractivity contribution in [3.8, 4) is 0 Å². The van der Waals surface area contributed by atoms with Crippen molar-refractivity contribution in [1.82, 2.24) is 0 Å². The fraction of sp³-hybridized carbons (Fsp3) is 0.667. The van der Waals surface area contributed by atoms with Gasteiger partial charge in [0.05, 0.1) is 12.7 Å². The third kappa shape index (κ3) is 2.90. The van der Waals surface area contributed by atoms with Crippen LogP contribution in [0.4, 0.5) is 0 Å². The monoisotopic (exact) mass is 368 g/mol. The number of carbonyl (C=O) groups excluding carboxylic acids is 2. The lowest BCUT2D eigenvalue weighted by Gasteiger charge is -2.57. The van der Waals surface area contributed by atoms with Gasteiger partial charge in [0.15, 0.2) is 5.78 Å². The van der Waals surface area contributed by atoms with Crippen LogP contribution in [0.3, 0.4) is 0 Å². The van der Waals surface area contributed by atoms with Gasteiger partial charge in [-0.25, -0.2) is 0 Å². The summed E-state index contributed by atoms with van der Waals surface area (Å²) >= 11 is 0. The summed E-state index contributed by atoms with van der Waals surface area (Å²) in [4.78, 5) is 24.8. The zero-order valence-corrected chi connectivity index (χ0v) is 16.9. The van der Waals surface area contributed by atoms with Crippen LogP contribution in [0.15, 0.2) is 36.0 Å². The van der Waals surface area contributed by atoms with E-state index >= 15 is 0 Å². The molecule has 0 N–H and O–H groups in total. The Morgan fingerprint density at radius 2 is 2.00 bits per heavy atom. The molecule has 0 bridgehead atoms. The summed E-state index contributed by atoms with van der Waals surface area (Å²) < 4.78 is 6.30. The molecule has 146 valence electrons. The van der Waals surface area contributed by atoms with E-state index in [-0.39, 0.29) is 22.7 Å². The van der Waals surface area contributed by atoms with Crippen molar-refractivity contribution in [2.75, 3.05) is 6.61 Å². The summed E-state index contributed by atoms with van der Waals surface area (Å²) in [7, 11) is 0. The molecule has 0 aromatic carbocycles. The van der Waals surface area contributed by atoms with E-state index in [2.05, 4.69) is 39.0 Å². The summed E-state index contributed by atoms with van der Waals surface area (Å²) in [6.45, 7) is 7.20. The number of hydrogen-bond donors (Lipinski definition) is 0. The topological polar surface area (TPSA) is 43.4 Å². The molecule has 3 fully saturated rings. The first-order chi connectivity index (χ1) is 12.9. The second kappa shape index (κ2) is 6.84. The molecule has 4 aliphatic rings. The summed E-state index contributed by atoms with van der Waals surface area (Å²) in [5.41, 5.74) is 0.900. The second-order valence-corrected chi connectivity index (χ2v) is 9.35. The molecule has 3 saturated carbocycles. The molecule has 0 unspecified atom stereocenters. The third-order valence-corrected chi connectivity index (χ3v) is 8.06. The molecule has 0 aromatic rings. The maximum Gasteiger partial charge on any atom is 0.178 e. The quantitative estimate of drug-likeness (QED) is 0.668. The highest BCUT2D eigenvalue weighted by Crippen LogP contribution is 2.63. The van der Waals surface area contributed by atoms with Crippen molar-refractivity contribution in [3.63, 3.8) is 0 Å². The Morgan fingerprint density at radius 1 is 1.19 bits per heavy atom. The highest BCUT2D eigenvalue weighted by Gasteiger charge is 2.60. The molecule has 4 rings (SSSR count). The second-order valence-electron chi connectivity index (χ2n) is 9.35. The van der Waals surface area contributed by atoms with E-state index in [1.807, 2.05) is 6.08 Å². The van der Waals surface area contributed by atoms with Gasteiger partial charge < -0.3 is 4.74 Å². The van der Waals surface area contributed by atoms with Crippen LogP contribution in [-0.2, 0) is 14.3 Å².